The molecule has 0 amide bonds. The van der Waals surface area contributed by atoms with Gasteiger partial charge in [0, 0.05) is 21.2 Å². The van der Waals surface area contributed by atoms with Crippen molar-refractivity contribution >= 4 is 40.3 Å². The van der Waals surface area contributed by atoms with Gasteiger partial charge in [-0.2, -0.15) is 0 Å². The number of nitrogens with zero attached hydrogens (tertiary/aromatic N) is 2. The SMILES string of the molecule is Fc1ccc(SNc2ccc(-c3ccc(-c4cnc5cc(Cl)ccc5n4)cc3)cc2)cc1. The molecule has 1 heterocycles. The van der Waals surface area contributed by atoms with Crippen LogP contribution < -0.4 is 4.72 Å². The maximum Gasteiger partial charge on any atom is 0.123 e. The van der Waals surface area contributed by atoms with E-state index in [9.17, 15) is 4.39 Å². The summed E-state index contributed by atoms with van der Waals surface area (Å²) >= 11 is 7.47. The molecule has 4 aromatic carbocycles. The van der Waals surface area contributed by atoms with Crippen LogP contribution in [0, 0.1) is 5.82 Å². The highest BCUT2D eigenvalue weighted by molar-refractivity contribution is 8.00. The third-order valence-electron chi connectivity index (χ3n) is 5.00. The van der Waals surface area contributed by atoms with Crippen LogP contribution >= 0.6 is 23.5 Å². The van der Waals surface area contributed by atoms with Crippen LogP contribution in [0.15, 0.2) is 102 Å². The maximum absolute atomic E-state index is 13.0. The van der Waals surface area contributed by atoms with Crippen LogP contribution in [0.2, 0.25) is 5.02 Å². The summed E-state index contributed by atoms with van der Waals surface area (Å²) in [5, 5.41) is 0.652. The van der Waals surface area contributed by atoms with Gasteiger partial charge in [-0.15, -0.1) is 0 Å². The van der Waals surface area contributed by atoms with Crippen LogP contribution in [0.3, 0.4) is 0 Å². The third kappa shape index (κ3) is 4.59. The molecule has 0 atom stereocenters. The normalized spacial score (nSPS) is 10.9. The first kappa shape index (κ1) is 20.5. The molecule has 1 N–H and O–H groups in total. The Bertz CT molecular complexity index is 1370. The first-order valence-electron chi connectivity index (χ1n) is 9.96. The van der Waals surface area contributed by atoms with Crippen molar-refractivity contribution in [3.63, 3.8) is 0 Å². The van der Waals surface area contributed by atoms with Crippen molar-refractivity contribution in [1.82, 2.24) is 9.97 Å². The number of nitrogens with one attached hydrogen (secondary N) is 1. The summed E-state index contributed by atoms with van der Waals surface area (Å²) < 4.78 is 16.3. The number of rotatable bonds is 5. The van der Waals surface area contributed by atoms with Crippen LogP contribution in [-0.2, 0) is 0 Å². The summed E-state index contributed by atoms with van der Waals surface area (Å²) in [5.74, 6) is -0.234. The predicted octanol–water partition coefficient (Wildman–Crippen LogP) is 7.88. The Hall–Kier alpha value is -3.41. The van der Waals surface area contributed by atoms with Gasteiger partial charge in [0.1, 0.15) is 5.82 Å². The van der Waals surface area contributed by atoms with Crippen LogP contribution in [0.4, 0.5) is 10.1 Å². The molecule has 0 aliphatic heterocycles. The van der Waals surface area contributed by atoms with E-state index in [1.165, 1.54) is 24.1 Å². The van der Waals surface area contributed by atoms with Crippen LogP contribution in [-0.4, -0.2) is 9.97 Å². The van der Waals surface area contributed by atoms with Crippen LogP contribution in [0.25, 0.3) is 33.4 Å². The van der Waals surface area contributed by atoms with Crippen molar-refractivity contribution in [3.05, 3.63) is 108 Å². The van der Waals surface area contributed by atoms with E-state index >= 15 is 0 Å². The smallest absolute Gasteiger partial charge is 0.123 e. The molecule has 0 aliphatic carbocycles. The fourth-order valence-electron chi connectivity index (χ4n) is 3.31. The van der Waals surface area contributed by atoms with Gasteiger partial charge in [-0.1, -0.05) is 48.0 Å². The summed E-state index contributed by atoms with van der Waals surface area (Å²) in [6, 6.07) is 28.4. The average Bonchev–Trinajstić information content (AvgIpc) is 2.84. The van der Waals surface area contributed by atoms with E-state index in [-0.39, 0.29) is 5.82 Å². The Kier molecular flexibility index (Phi) is 5.75. The fraction of sp³-hybridized carbons (Fsp3) is 0. The highest BCUT2D eigenvalue weighted by Gasteiger charge is 2.05. The zero-order chi connectivity index (χ0) is 21.9. The van der Waals surface area contributed by atoms with Gasteiger partial charge < -0.3 is 4.72 Å². The van der Waals surface area contributed by atoms with Gasteiger partial charge in [0.15, 0.2) is 0 Å². The Morgan fingerprint density at radius 1 is 0.719 bits per heavy atom. The average molecular weight is 458 g/mol. The van der Waals surface area contributed by atoms with Gasteiger partial charge in [-0.25, -0.2) is 9.37 Å². The standard InChI is InChI=1S/C26H17ClFN3S/c27-20-7-14-24-25(15-20)29-16-26(30-24)19-3-1-17(2-4-19)18-5-10-22(11-6-18)31-32-23-12-8-21(28)9-13-23/h1-16,31H. The number of benzene rings is 4. The van der Waals surface area contributed by atoms with Gasteiger partial charge >= 0.3 is 0 Å². The second-order valence-electron chi connectivity index (χ2n) is 7.20. The summed E-state index contributed by atoms with van der Waals surface area (Å²) in [7, 11) is 0. The highest BCUT2D eigenvalue weighted by atomic mass is 35.5. The lowest BCUT2D eigenvalue weighted by atomic mass is 10.0. The summed E-state index contributed by atoms with van der Waals surface area (Å²) in [6.07, 6.45) is 1.77. The minimum Gasteiger partial charge on any atom is -0.326 e. The molecule has 0 spiro atoms. The van der Waals surface area contributed by atoms with Crippen LogP contribution in [0.5, 0.6) is 0 Å². The topological polar surface area (TPSA) is 37.8 Å². The molecule has 0 unspecified atom stereocenters. The number of aromatic nitrogens is 2. The molecule has 3 nitrogen and oxygen atoms in total. The van der Waals surface area contributed by atoms with Gasteiger partial charge in [0.2, 0.25) is 0 Å². The van der Waals surface area contributed by atoms with E-state index in [4.69, 9.17) is 16.6 Å². The Balaban J connectivity index is 1.29. The van der Waals surface area contributed by atoms with Gasteiger partial charge in [0.05, 0.1) is 22.9 Å². The molecule has 0 aliphatic rings. The second kappa shape index (κ2) is 8.99. The lowest BCUT2D eigenvalue weighted by molar-refractivity contribution is 0.626. The molecule has 6 heteroatoms. The molecular formula is C26H17ClFN3S. The van der Waals surface area contributed by atoms with Gasteiger partial charge in [0.25, 0.3) is 0 Å². The molecule has 1 aromatic heterocycles. The predicted molar refractivity (Wildman–Crippen MR) is 131 cm³/mol. The molecule has 5 rings (SSSR count). The molecular weight excluding hydrogens is 441 g/mol. The molecule has 0 radical (unpaired) electrons. The van der Waals surface area contributed by atoms with Gasteiger partial charge in [-0.3, -0.25) is 4.98 Å². The van der Waals surface area contributed by atoms with E-state index in [0.29, 0.717) is 5.02 Å². The molecule has 0 saturated carbocycles. The first-order valence-corrected chi connectivity index (χ1v) is 11.2. The zero-order valence-electron chi connectivity index (χ0n) is 16.8. The lowest BCUT2D eigenvalue weighted by Crippen LogP contribution is -1.89. The van der Waals surface area contributed by atoms with Crippen LogP contribution in [0.1, 0.15) is 0 Å². The number of hydrogen-bond acceptors (Lipinski definition) is 4. The van der Waals surface area contributed by atoms with E-state index in [2.05, 4.69) is 46.1 Å². The van der Waals surface area contributed by atoms with Crippen molar-refractivity contribution in [1.29, 1.82) is 0 Å². The zero-order valence-corrected chi connectivity index (χ0v) is 18.4. The summed E-state index contributed by atoms with van der Waals surface area (Å²) in [4.78, 5) is 10.1. The fourth-order valence-corrected chi connectivity index (χ4v) is 4.12. The quantitative estimate of drug-likeness (QED) is 0.272. The van der Waals surface area contributed by atoms with Crippen molar-refractivity contribution < 1.29 is 4.39 Å². The lowest BCUT2D eigenvalue weighted by Gasteiger charge is -2.08. The number of fused-ring (bicyclic) bond motifs is 1. The molecule has 0 fully saturated rings. The largest absolute Gasteiger partial charge is 0.326 e. The van der Waals surface area contributed by atoms with E-state index < -0.39 is 0 Å². The highest BCUT2D eigenvalue weighted by Crippen LogP contribution is 2.27. The first-order chi connectivity index (χ1) is 15.6. The number of anilines is 1. The minimum atomic E-state index is -0.234. The number of halogens is 2. The van der Waals surface area contributed by atoms with E-state index in [1.807, 2.05) is 30.3 Å². The molecule has 5 aromatic rings. The molecule has 0 saturated heterocycles. The minimum absolute atomic E-state index is 0.234. The number of hydrogen-bond donors (Lipinski definition) is 1. The Labute approximate surface area is 194 Å². The van der Waals surface area contributed by atoms with Gasteiger partial charge in [-0.05, 0) is 77.7 Å². The second-order valence-corrected chi connectivity index (χ2v) is 8.52. The maximum atomic E-state index is 13.0. The molecule has 0 bridgehead atoms. The Morgan fingerprint density at radius 3 is 2.09 bits per heavy atom. The molecule has 156 valence electrons. The van der Waals surface area contributed by atoms with Crippen molar-refractivity contribution in [3.8, 4) is 22.4 Å². The molecule has 32 heavy (non-hydrogen) atoms. The van der Waals surface area contributed by atoms with Crippen molar-refractivity contribution in [2.24, 2.45) is 0 Å². The Morgan fingerprint density at radius 2 is 1.38 bits per heavy atom. The van der Waals surface area contributed by atoms with E-state index in [1.54, 1.807) is 18.3 Å². The van der Waals surface area contributed by atoms with Crippen molar-refractivity contribution in [2.45, 2.75) is 4.90 Å². The summed E-state index contributed by atoms with van der Waals surface area (Å²) in [5.41, 5.74) is 6.64. The monoisotopic (exact) mass is 457 g/mol. The summed E-state index contributed by atoms with van der Waals surface area (Å²) in [6.45, 7) is 0. The third-order valence-corrected chi connectivity index (χ3v) is 6.08. The van der Waals surface area contributed by atoms with Crippen molar-refractivity contribution in [2.75, 3.05) is 4.72 Å². The van der Waals surface area contributed by atoms with E-state index in [0.717, 1.165) is 44.0 Å².